The highest BCUT2D eigenvalue weighted by Gasteiger charge is 2.24. The van der Waals surface area contributed by atoms with Gasteiger partial charge in [0.15, 0.2) is 0 Å². The summed E-state index contributed by atoms with van der Waals surface area (Å²) in [5.74, 6) is 2.02. The molecule has 0 aliphatic heterocycles. The lowest BCUT2D eigenvalue weighted by Crippen LogP contribution is -2.31. The number of ether oxygens (including phenoxy) is 1. The number of hydrogen-bond acceptors (Lipinski definition) is 2. The first-order chi connectivity index (χ1) is 37.3. The van der Waals surface area contributed by atoms with Crippen molar-refractivity contribution in [3.05, 3.63) is 222 Å². The molecule has 0 aliphatic carbocycles. The van der Waals surface area contributed by atoms with Crippen molar-refractivity contribution in [2.24, 2.45) is 0 Å². The van der Waals surface area contributed by atoms with Gasteiger partial charge >= 0.3 is 0 Å². The minimum atomic E-state index is -2.60. The third-order valence-electron chi connectivity index (χ3n) is 14.1. The Bertz CT molecular complexity index is 4050. The maximum Gasteiger partial charge on any atom is 0.269 e. The van der Waals surface area contributed by atoms with Crippen LogP contribution in [0, 0.1) is 20.0 Å². The number of imidazole rings is 1. The minimum Gasteiger partial charge on any atom is -0.458 e. The molecule has 0 N–H and O–H groups in total. The quantitative estimate of drug-likeness (QED) is 0.112. The molecule has 0 saturated heterocycles. The van der Waals surface area contributed by atoms with Gasteiger partial charge in [-0.05, 0) is 146 Å². The number of nitrogens with zero attached hydrogens (tertiary/aromatic N) is 4. The van der Waals surface area contributed by atoms with Crippen molar-refractivity contribution in [3.63, 3.8) is 0 Å². The van der Waals surface area contributed by atoms with Crippen LogP contribution in [0.15, 0.2) is 188 Å². The van der Waals surface area contributed by atoms with Crippen LogP contribution in [0.3, 0.4) is 0 Å². The van der Waals surface area contributed by atoms with E-state index in [-0.39, 0.29) is 32.9 Å². The third-order valence-corrected chi connectivity index (χ3v) is 14.1. The van der Waals surface area contributed by atoms with Crippen molar-refractivity contribution >= 4 is 32.8 Å². The predicted molar refractivity (Wildman–Crippen MR) is 304 cm³/mol. The Balaban J connectivity index is 1.14. The van der Waals surface area contributed by atoms with Crippen molar-refractivity contribution in [3.8, 4) is 62.1 Å². The Kier molecular flexibility index (Phi) is 9.96. The second kappa shape index (κ2) is 17.9. The van der Waals surface area contributed by atoms with Crippen LogP contribution in [-0.4, -0.2) is 14.1 Å². The summed E-state index contributed by atoms with van der Waals surface area (Å²) in [6, 6.07) is 60.7. The van der Waals surface area contributed by atoms with Crippen LogP contribution < -0.4 is 9.30 Å². The van der Waals surface area contributed by atoms with Crippen molar-refractivity contribution < 1.29 is 17.5 Å². The van der Waals surface area contributed by atoms with E-state index in [1.807, 2.05) is 59.3 Å². The van der Waals surface area contributed by atoms with Gasteiger partial charge in [-0.25, -0.2) is 4.98 Å². The second-order valence-electron chi connectivity index (χ2n) is 22.3. The molecule has 5 nitrogen and oxygen atoms in total. The summed E-state index contributed by atoms with van der Waals surface area (Å²) in [6.45, 7) is 14.7. The van der Waals surface area contributed by atoms with Crippen molar-refractivity contribution in [1.29, 1.82) is 0 Å². The molecular weight excluding hydrogens is 889 g/mol. The van der Waals surface area contributed by atoms with Crippen molar-refractivity contribution in [2.45, 2.75) is 92.3 Å². The summed E-state index contributed by atoms with van der Waals surface area (Å²) >= 11 is 0. The first-order valence-corrected chi connectivity index (χ1v) is 25.1. The van der Waals surface area contributed by atoms with Crippen LogP contribution >= 0.6 is 0 Å². The highest BCUT2D eigenvalue weighted by molar-refractivity contribution is 6.09. The number of rotatable bonds is 8. The predicted octanol–water partition coefficient (Wildman–Crippen LogP) is 17.5. The number of fused-ring (bicyclic) bond motifs is 4. The van der Waals surface area contributed by atoms with Gasteiger partial charge in [0.05, 0.1) is 33.4 Å². The van der Waals surface area contributed by atoms with Gasteiger partial charge in [0.2, 0.25) is 0 Å². The molecule has 73 heavy (non-hydrogen) atoms. The number of aryl methyl sites for hydroxylation is 2. The maximum atomic E-state index is 8.63. The number of benzene rings is 8. The standard InChI is InChI=1S/C68H64N4O/c1-44-19-14-20-45(2)64(44)48-31-34-60-62(39-48)70(43-71(60)65-55(46-21-15-23-49(37-46)66(3,4)5)28-18-29-56(65)47-22-16-24-50(38-47)67(6,7)8)52-25-17-26-53(41-52)73-54-32-33-58-57-27-12-13-30-59(57)72(61(58)42-54)63-40-51(35-36-69-63)68(9,10)11/h12-42H,1-11H3/i1D3,2D3. The molecule has 8 aromatic carbocycles. The normalized spacial score (nSPS) is 13.9. The van der Waals surface area contributed by atoms with Gasteiger partial charge in [-0.15, -0.1) is 0 Å². The van der Waals surface area contributed by atoms with E-state index in [0.717, 1.165) is 61.1 Å². The molecule has 5 heteroatoms. The number of hydrogen-bond donors (Lipinski definition) is 0. The molecule has 11 aromatic rings. The molecule has 0 saturated carbocycles. The number of para-hydroxylation sites is 2. The zero-order chi connectivity index (χ0) is 56.0. The molecular formula is C68H64N4O. The summed E-state index contributed by atoms with van der Waals surface area (Å²) in [4.78, 5) is 4.89. The molecule has 0 unspecified atom stereocenters. The average molecular weight is 959 g/mol. The fourth-order valence-electron chi connectivity index (χ4n) is 10.1. The SMILES string of the molecule is [2H]C([2H])([2H])c1cccc(C([2H])([2H])[2H])c1-c1ccc2c(c1)n(-c1cccc(Oc3ccc4c5ccccc5n(-c5cc(C(C)(C)C)ccn5)c4c3)c1)[c-][n+]2-c1c(-c2cccc(C(C)(C)C)c2)cccc1-c1cccc(C(C)(C)C)c1. The van der Waals surface area contributed by atoms with Gasteiger partial charge < -0.3 is 4.74 Å². The minimum absolute atomic E-state index is 0.0374. The fourth-order valence-corrected chi connectivity index (χ4v) is 10.1. The van der Waals surface area contributed by atoms with Crippen LogP contribution in [-0.2, 0) is 16.2 Å². The van der Waals surface area contributed by atoms with Gasteiger partial charge in [-0.2, -0.15) is 0 Å². The summed E-state index contributed by atoms with van der Waals surface area (Å²) in [6.07, 6.45) is 5.70. The molecule has 11 rings (SSSR count). The van der Waals surface area contributed by atoms with Gasteiger partial charge in [0, 0.05) is 31.3 Å². The number of aromatic nitrogens is 4. The highest BCUT2D eigenvalue weighted by atomic mass is 16.5. The lowest BCUT2D eigenvalue weighted by Gasteiger charge is -2.23. The molecule has 0 bridgehead atoms. The molecule has 0 radical (unpaired) electrons. The Morgan fingerprint density at radius 1 is 0.493 bits per heavy atom. The van der Waals surface area contributed by atoms with E-state index in [9.17, 15) is 0 Å². The molecule has 0 spiro atoms. The van der Waals surface area contributed by atoms with E-state index in [1.165, 1.54) is 34.9 Å². The van der Waals surface area contributed by atoms with Crippen LogP contribution in [0.5, 0.6) is 11.5 Å². The molecule has 362 valence electrons. The van der Waals surface area contributed by atoms with Gasteiger partial charge in [-0.3, -0.25) is 13.7 Å². The van der Waals surface area contributed by atoms with E-state index < -0.39 is 13.7 Å². The Labute approximate surface area is 439 Å². The summed E-state index contributed by atoms with van der Waals surface area (Å²) < 4.78 is 64.9. The molecule has 0 aliphatic rings. The van der Waals surface area contributed by atoms with Crippen molar-refractivity contribution in [2.75, 3.05) is 0 Å². The molecule has 0 amide bonds. The highest BCUT2D eigenvalue weighted by Crippen LogP contribution is 2.40. The summed E-state index contributed by atoms with van der Waals surface area (Å²) in [7, 11) is 0. The van der Waals surface area contributed by atoms with E-state index in [4.69, 9.17) is 17.9 Å². The lowest BCUT2D eigenvalue weighted by atomic mass is 9.84. The van der Waals surface area contributed by atoms with Crippen molar-refractivity contribution in [1.82, 2.24) is 14.1 Å². The Morgan fingerprint density at radius 2 is 1.10 bits per heavy atom. The smallest absolute Gasteiger partial charge is 0.269 e. The van der Waals surface area contributed by atoms with E-state index in [2.05, 4.69) is 193 Å². The first kappa shape index (κ1) is 40.6. The van der Waals surface area contributed by atoms with Gasteiger partial charge in [-0.1, -0.05) is 184 Å². The second-order valence-corrected chi connectivity index (χ2v) is 22.3. The first-order valence-electron chi connectivity index (χ1n) is 28.1. The van der Waals surface area contributed by atoms with E-state index >= 15 is 0 Å². The number of pyridine rings is 1. The Morgan fingerprint density at radius 3 is 1.77 bits per heavy atom. The van der Waals surface area contributed by atoms with Crippen LogP contribution in [0.2, 0.25) is 0 Å². The lowest BCUT2D eigenvalue weighted by molar-refractivity contribution is -0.571. The molecule has 3 heterocycles. The van der Waals surface area contributed by atoms with Gasteiger partial charge in [0.1, 0.15) is 17.3 Å². The van der Waals surface area contributed by atoms with Crippen LogP contribution in [0.4, 0.5) is 0 Å². The Hall–Kier alpha value is -8.02. The fraction of sp³-hybridized carbons (Fsp3) is 0.206. The topological polar surface area (TPSA) is 35.9 Å². The molecule has 3 aromatic heterocycles. The third kappa shape index (κ3) is 8.81. The van der Waals surface area contributed by atoms with E-state index in [0.29, 0.717) is 28.3 Å². The summed E-state index contributed by atoms with van der Waals surface area (Å²) in [5, 5.41) is 2.18. The van der Waals surface area contributed by atoms with Gasteiger partial charge in [0.25, 0.3) is 6.33 Å². The van der Waals surface area contributed by atoms with Crippen LogP contribution in [0.1, 0.15) is 98.4 Å². The average Bonchev–Trinajstić information content (AvgIpc) is 4.21. The molecule has 0 atom stereocenters. The molecule has 0 fully saturated rings. The van der Waals surface area contributed by atoms with Crippen LogP contribution in [0.25, 0.3) is 83.4 Å². The summed E-state index contributed by atoms with van der Waals surface area (Å²) in [5.41, 5.74) is 12.8. The van der Waals surface area contributed by atoms with E-state index in [1.54, 1.807) is 0 Å². The zero-order valence-electron chi connectivity index (χ0n) is 49.1. The zero-order valence-corrected chi connectivity index (χ0v) is 43.1. The monoisotopic (exact) mass is 959 g/mol. The maximum absolute atomic E-state index is 8.63. The largest absolute Gasteiger partial charge is 0.458 e.